The van der Waals surface area contributed by atoms with Crippen LogP contribution in [0.25, 0.3) is 0 Å². The zero-order valence-electron chi connectivity index (χ0n) is 16.1. The highest BCUT2D eigenvalue weighted by Crippen LogP contribution is 2.22. The summed E-state index contributed by atoms with van der Waals surface area (Å²) in [5.74, 6) is 0.858. The maximum absolute atomic E-state index is 11.8. The molecular weight excluding hydrogens is 342 g/mol. The van der Waals surface area contributed by atoms with Crippen LogP contribution in [0.15, 0.2) is 48.5 Å². The number of rotatable bonds is 8. The van der Waals surface area contributed by atoms with Crippen molar-refractivity contribution in [1.82, 2.24) is 5.32 Å². The maximum Gasteiger partial charge on any atom is 0.318 e. The summed E-state index contributed by atoms with van der Waals surface area (Å²) in [5.41, 5.74) is 8.41. The fourth-order valence-corrected chi connectivity index (χ4v) is 2.76. The zero-order chi connectivity index (χ0) is 19.8. The number of nitrogens with zero attached hydrogens (tertiary/aromatic N) is 1. The molecule has 2 rings (SSSR count). The van der Waals surface area contributed by atoms with Gasteiger partial charge in [-0.05, 0) is 41.3 Å². The molecule has 6 heteroatoms. The summed E-state index contributed by atoms with van der Waals surface area (Å²) < 4.78 is 5.21. The molecule has 27 heavy (non-hydrogen) atoms. The van der Waals surface area contributed by atoms with Crippen LogP contribution in [-0.4, -0.2) is 25.6 Å². The molecule has 0 fully saturated rings. The summed E-state index contributed by atoms with van der Waals surface area (Å²) in [6, 6.07) is 15.3. The molecule has 2 aromatic carbocycles. The van der Waals surface area contributed by atoms with Crippen LogP contribution in [0.1, 0.15) is 37.3 Å². The number of urea groups is 1. The molecule has 0 aliphatic heterocycles. The molecule has 0 aromatic heterocycles. The molecule has 0 heterocycles. The van der Waals surface area contributed by atoms with E-state index in [0.717, 1.165) is 17.0 Å². The Kier molecular flexibility index (Phi) is 7.23. The van der Waals surface area contributed by atoms with Gasteiger partial charge in [0, 0.05) is 25.2 Å². The Bertz CT molecular complexity index is 755. The molecule has 0 aliphatic rings. The second-order valence-corrected chi connectivity index (χ2v) is 6.68. The van der Waals surface area contributed by atoms with Gasteiger partial charge >= 0.3 is 6.03 Å². The first kappa shape index (κ1) is 20.3. The Morgan fingerprint density at radius 3 is 2.22 bits per heavy atom. The van der Waals surface area contributed by atoms with E-state index in [4.69, 9.17) is 10.5 Å². The molecule has 2 aromatic rings. The van der Waals surface area contributed by atoms with Crippen molar-refractivity contribution in [3.8, 4) is 5.75 Å². The smallest absolute Gasteiger partial charge is 0.318 e. The molecule has 3 N–H and O–H groups in total. The fraction of sp³-hybridized carbons (Fsp3) is 0.333. The maximum atomic E-state index is 11.8. The highest BCUT2D eigenvalue weighted by molar-refractivity contribution is 5.93. The highest BCUT2D eigenvalue weighted by Gasteiger charge is 2.12. The van der Waals surface area contributed by atoms with Gasteiger partial charge in [0.05, 0.1) is 7.11 Å². The lowest BCUT2D eigenvalue weighted by molar-refractivity contribution is -0.119. The number of hydrogen-bond acceptors (Lipinski definition) is 4. The normalized spacial score (nSPS) is 10.5. The number of primary amides is 1. The van der Waals surface area contributed by atoms with Crippen molar-refractivity contribution >= 4 is 17.6 Å². The molecule has 0 saturated heterocycles. The first-order valence-corrected chi connectivity index (χ1v) is 8.96. The Hall–Kier alpha value is -3.02. The van der Waals surface area contributed by atoms with Crippen LogP contribution in [-0.2, 0) is 11.3 Å². The molecule has 0 bridgehead atoms. The van der Waals surface area contributed by atoms with Gasteiger partial charge in [-0.25, -0.2) is 4.79 Å². The topological polar surface area (TPSA) is 84.7 Å². The van der Waals surface area contributed by atoms with E-state index in [2.05, 4.69) is 48.3 Å². The van der Waals surface area contributed by atoms with Crippen LogP contribution in [0.5, 0.6) is 5.75 Å². The van der Waals surface area contributed by atoms with Crippen molar-refractivity contribution < 1.29 is 14.3 Å². The summed E-state index contributed by atoms with van der Waals surface area (Å²) >= 11 is 0. The highest BCUT2D eigenvalue weighted by atomic mass is 16.5. The van der Waals surface area contributed by atoms with Crippen molar-refractivity contribution in [1.29, 1.82) is 0 Å². The van der Waals surface area contributed by atoms with Crippen molar-refractivity contribution in [2.75, 3.05) is 18.6 Å². The van der Waals surface area contributed by atoms with Crippen molar-refractivity contribution in [3.05, 3.63) is 59.7 Å². The lowest BCUT2D eigenvalue weighted by Crippen LogP contribution is -2.37. The van der Waals surface area contributed by atoms with E-state index in [-0.39, 0.29) is 6.42 Å². The molecule has 144 valence electrons. The number of carbonyl (C=O) groups excluding carboxylic acids is 2. The van der Waals surface area contributed by atoms with Crippen molar-refractivity contribution in [3.63, 3.8) is 0 Å². The summed E-state index contributed by atoms with van der Waals surface area (Å²) in [6.07, 6.45) is 0.166. The minimum Gasteiger partial charge on any atom is -0.497 e. The summed E-state index contributed by atoms with van der Waals surface area (Å²) in [7, 11) is 1.62. The number of nitrogens with two attached hydrogens (primary N) is 1. The van der Waals surface area contributed by atoms with Crippen molar-refractivity contribution in [2.45, 2.75) is 32.7 Å². The number of carbonyl (C=O) groups is 2. The van der Waals surface area contributed by atoms with Crippen molar-refractivity contribution in [2.24, 2.45) is 5.73 Å². The largest absolute Gasteiger partial charge is 0.497 e. The van der Waals surface area contributed by atoms with E-state index in [1.54, 1.807) is 7.11 Å². The number of hydrogen-bond donors (Lipinski definition) is 2. The number of ether oxygens (including phenoxy) is 1. The Morgan fingerprint density at radius 1 is 1.07 bits per heavy atom. The third-order valence-corrected chi connectivity index (χ3v) is 4.33. The first-order chi connectivity index (χ1) is 12.9. The average molecular weight is 369 g/mol. The first-order valence-electron chi connectivity index (χ1n) is 8.96. The van der Waals surface area contributed by atoms with Gasteiger partial charge < -0.3 is 15.4 Å². The third-order valence-electron chi connectivity index (χ3n) is 4.33. The SMILES string of the molecule is COc1ccc(N(CCC(=O)NC(N)=O)Cc2ccc(C(C)C)cc2)cc1. The number of anilines is 1. The van der Waals surface area contributed by atoms with Gasteiger partial charge in [0.25, 0.3) is 0 Å². The van der Waals surface area contributed by atoms with Gasteiger partial charge in [0.15, 0.2) is 0 Å². The van der Waals surface area contributed by atoms with E-state index >= 15 is 0 Å². The van der Waals surface area contributed by atoms with E-state index < -0.39 is 11.9 Å². The molecular formula is C21H27N3O3. The van der Waals surface area contributed by atoms with Gasteiger partial charge in [-0.2, -0.15) is 0 Å². The minimum atomic E-state index is -0.833. The van der Waals surface area contributed by atoms with Crippen LogP contribution in [0.3, 0.4) is 0 Å². The van der Waals surface area contributed by atoms with E-state index in [0.29, 0.717) is 19.0 Å². The van der Waals surface area contributed by atoms with E-state index in [1.165, 1.54) is 5.56 Å². The predicted molar refractivity (Wildman–Crippen MR) is 107 cm³/mol. The summed E-state index contributed by atoms with van der Waals surface area (Å²) in [4.78, 5) is 24.7. The average Bonchev–Trinajstić information content (AvgIpc) is 2.65. The number of amides is 3. The predicted octanol–water partition coefficient (Wildman–Crippen LogP) is 3.41. The quantitative estimate of drug-likeness (QED) is 0.747. The zero-order valence-corrected chi connectivity index (χ0v) is 16.1. The standard InChI is InChI=1S/C21H27N3O3/c1-15(2)17-6-4-16(5-7-17)14-24(13-12-20(25)23-21(22)26)18-8-10-19(27-3)11-9-18/h4-11,15H,12-14H2,1-3H3,(H3,22,23,25,26). The molecule has 0 saturated carbocycles. The van der Waals surface area contributed by atoms with Crippen LogP contribution >= 0.6 is 0 Å². The van der Waals surface area contributed by atoms with E-state index in [1.807, 2.05) is 24.3 Å². The number of imide groups is 1. The van der Waals surface area contributed by atoms with Crippen LogP contribution in [0.4, 0.5) is 10.5 Å². The Balaban J connectivity index is 2.14. The van der Waals surface area contributed by atoms with Gasteiger partial charge in [-0.1, -0.05) is 38.1 Å². The number of methoxy groups -OCH3 is 1. The monoisotopic (exact) mass is 369 g/mol. The molecule has 0 spiro atoms. The number of benzene rings is 2. The molecule has 6 nitrogen and oxygen atoms in total. The second kappa shape index (κ2) is 9.62. The molecule has 0 atom stereocenters. The van der Waals surface area contributed by atoms with Crippen LogP contribution in [0.2, 0.25) is 0 Å². The summed E-state index contributed by atoms with van der Waals surface area (Å²) in [5, 5.41) is 2.10. The molecule has 3 amide bonds. The van der Waals surface area contributed by atoms with Crippen LogP contribution < -0.4 is 20.7 Å². The molecule has 0 unspecified atom stereocenters. The fourth-order valence-electron chi connectivity index (χ4n) is 2.76. The summed E-state index contributed by atoms with van der Waals surface area (Å²) in [6.45, 7) is 5.43. The van der Waals surface area contributed by atoms with Gasteiger partial charge in [0.2, 0.25) is 5.91 Å². The minimum absolute atomic E-state index is 0.166. The Morgan fingerprint density at radius 2 is 1.70 bits per heavy atom. The second-order valence-electron chi connectivity index (χ2n) is 6.68. The number of nitrogens with one attached hydrogen (secondary N) is 1. The lowest BCUT2D eigenvalue weighted by atomic mass is 10.0. The van der Waals surface area contributed by atoms with Gasteiger partial charge in [-0.15, -0.1) is 0 Å². The lowest BCUT2D eigenvalue weighted by Gasteiger charge is -2.25. The van der Waals surface area contributed by atoms with E-state index in [9.17, 15) is 9.59 Å². The van der Waals surface area contributed by atoms with Gasteiger partial charge in [0.1, 0.15) is 5.75 Å². The molecule has 0 aliphatic carbocycles. The van der Waals surface area contributed by atoms with Gasteiger partial charge in [-0.3, -0.25) is 10.1 Å². The van der Waals surface area contributed by atoms with Crippen LogP contribution in [0, 0.1) is 0 Å². The Labute approximate surface area is 160 Å². The molecule has 0 radical (unpaired) electrons. The third kappa shape index (κ3) is 6.33.